The summed E-state index contributed by atoms with van der Waals surface area (Å²) >= 11 is 0. The molecule has 1 aliphatic rings. The van der Waals surface area contributed by atoms with Gasteiger partial charge in [0.05, 0.1) is 19.6 Å². The molecule has 0 spiro atoms. The molecule has 1 N–H and O–H groups in total. The Hall–Kier alpha value is -1.01. The van der Waals surface area contributed by atoms with Crippen molar-refractivity contribution in [2.24, 2.45) is 0 Å². The van der Waals surface area contributed by atoms with Crippen molar-refractivity contribution in [3.63, 3.8) is 0 Å². The van der Waals surface area contributed by atoms with Crippen LogP contribution in [0.25, 0.3) is 0 Å². The molecule has 0 unspecified atom stereocenters. The molecule has 0 atom stereocenters. The molecule has 1 aromatic rings. The number of halogens is 3. The monoisotopic (exact) mass is 263 g/mol. The Morgan fingerprint density at radius 3 is 2.67 bits per heavy atom. The van der Waals surface area contributed by atoms with Crippen molar-refractivity contribution in [1.82, 2.24) is 5.32 Å². The molecule has 1 aliphatic carbocycles. The van der Waals surface area contributed by atoms with E-state index in [2.05, 4.69) is 5.32 Å². The van der Waals surface area contributed by atoms with E-state index in [-0.39, 0.29) is 13.2 Å². The van der Waals surface area contributed by atoms with E-state index >= 15 is 0 Å². The zero-order chi connectivity index (χ0) is 13.0. The summed E-state index contributed by atoms with van der Waals surface area (Å²) in [4.78, 5) is 0. The van der Waals surface area contributed by atoms with Gasteiger partial charge in [0.1, 0.15) is 18.1 Å². The maximum atomic E-state index is 11.9. The normalized spacial score (nSPS) is 16.2. The highest BCUT2D eigenvalue weighted by Gasteiger charge is 2.26. The van der Waals surface area contributed by atoms with Crippen LogP contribution < -0.4 is 5.32 Å². The van der Waals surface area contributed by atoms with Crippen LogP contribution in [0.15, 0.2) is 16.5 Å². The second-order valence-corrected chi connectivity index (χ2v) is 4.44. The number of hydrogen-bond acceptors (Lipinski definition) is 3. The third kappa shape index (κ3) is 5.10. The van der Waals surface area contributed by atoms with Crippen molar-refractivity contribution in [3.8, 4) is 0 Å². The molecule has 0 bridgehead atoms. The smallest absolute Gasteiger partial charge is 0.391 e. The highest BCUT2D eigenvalue weighted by molar-refractivity contribution is 5.06. The van der Waals surface area contributed by atoms with Gasteiger partial charge >= 0.3 is 6.18 Å². The third-order valence-corrected chi connectivity index (χ3v) is 2.63. The van der Waals surface area contributed by atoms with Crippen molar-refractivity contribution >= 4 is 0 Å². The van der Waals surface area contributed by atoms with Gasteiger partial charge in [0.15, 0.2) is 0 Å². The fourth-order valence-corrected chi connectivity index (χ4v) is 1.49. The zero-order valence-electron chi connectivity index (χ0n) is 9.93. The number of alkyl halides is 3. The van der Waals surface area contributed by atoms with Crippen LogP contribution in [0.5, 0.6) is 0 Å². The molecule has 1 aromatic heterocycles. The third-order valence-electron chi connectivity index (χ3n) is 2.63. The Morgan fingerprint density at radius 2 is 2.00 bits per heavy atom. The molecule has 102 valence electrons. The average molecular weight is 263 g/mol. The summed E-state index contributed by atoms with van der Waals surface area (Å²) < 4.78 is 45.9. The van der Waals surface area contributed by atoms with E-state index in [1.807, 2.05) is 6.07 Å². The Morgan fingerprint density at radius 1 is 1.28 bits per heavy atom. The van der Waals surface area contributed by atoms with Crippen molar-refractivity contribution in [3.05, 3.63) is 23.7 Å². The quantitative estimate of drug-likeness (QED) is 0.768. The predicted molar refractivity (Wildman–Crippen MR) is 58.9 cm³/mol. The summed E-state index contributed by atoms with van der Waals surface area (Å²) in [5, 5.41) is 3.29. The topological polar surface area (TPSA) is 34.4 Å². The Bertz CT molecular complexity index is 372. The van der Waals surface area contributed by atoms with Crippen molar-refractivity contribution < 1.29 is 22.3 Å². The number of hydrogen-bond donors (Lipinski definition) is 1. The number of rotatable bonds is 7. The van der Waals surface area contributed by atoms with Gasteiger partial charge in [-0.15, -0.1) is 0 Å². The van der Waals surface area contributed by atoms with Gasteiger partial charge in [-0.25, -0.2) is 0 Å². The summed E-state index contributed by atoms with van der Waals surface area (Å²) in [6.07, 6.45) is -2.69. The molecule has 1 heterocycles. The van der Waals surface area contributed by atoms with Crippen LogP contribution in [0.3, 0.4) is 0 Å². The molecular formula is C12H16F3NO2. The fourth-order valence-electron chi connectivity index (χ4n) is 1.49. The van der Waals surface area contributed by atoms with Crippen LogP contribution in [0.4, 0.5) is 13.2 Å². The molecule has 1 saturated carbocycles. The lowest BCUT2D eigenvalue weighted by molar-refractivity contribution is -0.146. The Balaban J connectivity index is 1.63. The average Bonchev–Trinajstić information content (AvgIpc) is 3.00. The van der Waals surface area contributed by atoms with Crippen LogP contribution in [0.1, 0.15) is 30.8 Å². The Kier molecular flexibility index (Phi) is 4.29. The summed E-state index contributed by atoms with van der Waals surface area (Å²) in [6, 6.07) is 4.15. The molecule has 0 saturated heterocycles. The predicted octanol–water partition coefficient (Wildman–Crippen LogP) is 3.00. The summed E-state index contributed by atoms with van der Waals surface area (Å²) in [6.45, 7) is 0.409. The van der Waals surface area contributed by atoms with Gasteiger partial charge < -0.3 is 14.5 Å². The van der Waals surface area contributed by atoms with Gasteiger partial charge in [-0.1, -0.05) is 0 Å². The van der Waals surface area contributed by atoms with Gasteiger partial charge in [-0.3, -0.25) is 0 Å². The summed E-state index contributed by atoms with van der Waals surface area (Å²) in [5.74, 6) is 1.35. The largest absolute Gasteiger partial charge is 0.462 e. The van der Waals surface area contributed by atoms with E-state index in [1.165, 1.54) is 12.8 Å². The van der Waals surface area contributed by atoms with Crippen LogP contribution in [-0.4, -0.2) is 18.8 Å². The summed E-state index contributed by atoms with van der Waals surface area (Å²) in [7, 11) is 0. The van der Waals surface area contributed by atoms with E-state index in [9.17, 15) is 13.2 Å². The fraction of sp³-hybridized carbons (Fsp3) is 0.667. The van der Waals surface area contributed by atoms with Crippen LogP contribution in [0.2, 0.25) is 0 Å². The highest BCUT2D eigenvalue weighted by atomic mass is 19.4. The second kappa shape index (κ2) is 5.75. The van der Waals surface area contributed by atoms with Crippen molar-refractivity contribution in [2.45, 2.75) is 44.6 Å². The first-order valence-electron chi connectivity index (χ1n) is 5.98. The van der Waals surface area contributed by atoms with Gasteiger partial charge in [0.25, 0.3) is 0 Å². The van der Waals surface area contributed by atoms with Crippen LogP contribution >= 0.6 is 0 Å². The number of ether oxygens (including phenoxy) is 1. The van der Waals surface area contributed by atoms with Crippen molar-refractivity contribution in [1.29, 1.82) is 0 Å². The second-order valence-electron chi connectivity index (χ2n) is 4.44. The van der Waals surface area contributed by atoms with Gasteiger partial charge in [0.2, 0.25) is 0 Å². The van der Waals surface area contributed by atoms with E-state index < -0.39 is 12.6 Å². The molecule has 0 aromatic carbocycles. The van der Waals surface area contributed by atoms with Crippen molar-refractivity contribution in [2.75, 3.05) is 6.61 Å². The first-order valence-corrected chi connectivity index (χ1v) is 5.98. The molecule has 1 fully saturated rings. The first kappa shape index (κ1) is 13.4. The molecule has 18 heavy (non-hydrogen) atoms. The van der Waals surface area contributed by atoms with E-state index in [1.54, 1.807) is 6.07 Å². The molecule has 0 radical (unpaired) electrons. The van der Waals surface area contributed by atoms with Crippen LogP contribution in [-0.2, 0) is 17.9 Å². The number of furan rings is 1. The highest BCUT2D eigenvalue weighted by Crippen LogP contribution is 2.21. The summed E-state index contributed by atoms with van der Waals surface area (Å²) in [5.41, 5.74) is 0. The minimum atomic E-state index is -4.16. The lowest BCUT2D eigenvalue weighted by Gasteiger charge is -2.05. The van der Waals surface area contributed by atoms with Gasteiger partial charge in [-0.05, 0) is 25.0 Å². The van der Waals surface area contributed by atoms with Gasteiger partial charge in [-0.2, -0.15) is 13.2 Å². The van der Waals surface area contributed by atoms with E-state index in [0.29, 0.717) is 18.3 Å². The van der Waals surface area contributed by atoms with E-state index in [4.69, 9.17) is 9.15 Å². The lowest BCUT2D eigenvalue weighted by Crippen LogP contribution is -2.14. The maximum absolute atomic E-state index is 11.9. The minimum absolute atomic E-state index is 0.0828. The van der Waals surface area contributed by atoms with Crippen LogP contribution in [0, 0.1) is 0 Å². The molecule has 0 amide bonds. The van der Waals surface area contributed by atoms with Gasteiger partial charge in [0, 0.05) is 6.04 Å². The first-order chi connectivity index (χ1) is 8.53. The molecule has 0 aliphatic heterocycles. The van der Waals surface area contributed by atoms with E-state index in [0.717, 1.165) is 5.76 Å². The molecule has 2 rings (SSSR count). The zero-order valence-corrected chi connectivity index (χ0v) is 9.93. The minimum Gasteiger partial charge on any atom is -0.462 e. The number of nitrogens with one attached hydrogen (secondary N) is 1. The maximum Gasteiger partial charge on any atom is 0.391 e. The molecular weight excluding hydrogens is 247 g/mol. The molecule has 6 heteroatoms. The lowest BCUT2D eigenvalue weighted by atomic mass is 10.4. The molecule has 3 nitrogen and oxygen atoms in total. The Labute approximate surface area is 103 Å². The SMILES string of the molecule is FC(F)(F)CCOCc1ccc(CNC2CC2)o1. The standard InChI is InChI=1S/C12H16F3NO2/c13-12(14,15)5-6-17-8-11-4-3-10(18-11)7-16-9-1-2-9/h3-4,9,16H,1-2,5-8H2.